The van der Waals surface area contributed by atoms with Crippen molar-refractivity contribution in [3.05, 3.63) is 28.8 Å². The van der Waals surface area contributed by atoms with Gasteiger partial charge in [0.15, 0.2) is 0 Å². The minimum absolute atomic E-state index is 0.121. The van der Waals surface area contributed by atoms with E-state index in [0.717, 1.165) is 23.5 Å². The number of phenolic OH excluding ortho intramolecular Hbond substituents is 1. The van der Waals surface area contributed by atoms with Gasteiger partial charge in [0.1, 0.15) is 5.75 Å². The molecule has 0 aromatic heterocycles. The van der Waals surface area contributed by atoms with Crippen LogP contribution in [0.5, 0.6) is 5.75 Å². The largest absolute Gasteiger partial charge is 0.507 e. The molecule has 2 N–H and O–H groups in total. The van der Waals surface area contributed by atoms with Crippen LogP contribution in [0, 0.1) is 49.4 Å². The van der Waals surface area contributed by atoms with Gasteiger partial charge in [-0.1, -0.05) is 65.7 Å². The molecule has 0 spiro atoms. The molecule has 154 valence electrons. The number of hydrogen-bond acceptors (Lipinski definition) is 2. The number of benzene rings is 1. The number of rotatable bonds is 6. The second-order valence-corrected chi connectivity index (χ2v) is 9.89. The average Bonchev–Trinajstić information content (AvgIpc) is 2.59. The SMILES string of the molecule is CCC(C)C(O)C(C)C(c1cc(C)cc(C)c1O)C1C(C)CC(C)CC1C. The lowest BCUT2D eigenvalue weighted by Crippen LogP contribution is -2.40. The first kappa shape index (κ1) is 22.3. The molecule has 1 aromatic rings. The molecule has 0 heterocycles. The van der Waals surface area contributed by atoms with Gasteiger partial charge >= 0.3 is 0 Å². The van der Waals surface area contributed by atoms with Crippen LogP contribution in [0.1, 0.15) is 83.4 Å². The second kappa shape index (κ2) is 8.99. The minimum atomic E-state index is -0.348. The molecule has 1 aromatic carbocycles. The van der Waals surface area contributed by atoms with Crippen LogP contribution in [0.3, 0.4) is 0 Å². The zero-order chi connectivity index (χ0) is 20.5. The van der Waals surface area contributed by atoms with Crippen molar-refractivity contribution < 1.29 is 10.2 Å². The van der Waals surface area contributed by atoms with Gasteiger partial charge in [-0.15, -0.1) is 0 Å². The van der Waals surface area contributed by atoms with Crippen molar-refractivity contribution in [2.45, 2.75) is 86.7 Å². The molecule has 0 amide bonds. The van der Waals surface area contributed by atoms with Gasteiger partial charge in [0.25, 0.3) is 0 Å². The van der Waals surface area contributed by atoms with Crippen LogP contribution in [0.4, 0.5) is 0 Å². The first-order valence-electron chi connectivity index (χ1n) is 11.1. The maximum Gasteiger partial charge on any atom is 0.121 e. The quantitative estimate of drug-likeness (QED) is 0.600. The second-order valence-electron chi connectivity index (χ2n) is 9.89. The van der Waals surface area contributed by atoms with E-state index in [2.05, 4.69) is 60.6 Å². The molecule has 1 aliphatic rings. The third kappa shape index (κ3) is 4.70. The Balaban J connectivity index is 2.55. The van der Waals surface area contributed by atoms with Crippen molar-refractivity contribution >= 4 is 0 Å². The molecule has 0 radical (unpaired) electrons. The van der Waals surface area contributed by atoms with Crippen molar-refractivity contribution in [3.63, 3.8) is 0 Å². The smallest absolute Gasteiger partial charge is 0.121 e. The van der Waals surface area contributed by atoms with Gasteiger partial charge < -0.3 is 10.2 Å². The number of phenols is 1. The first-order valence-corrected chi connectivity index (χ1v) is 11.1. The maximum atomic E-state index is 11.1. The molecule has 0 saturated heterocycles. The van der Waals surface area contributed by atoms with Crippen LogP contribution in [0.2, 0.25) is 0 Å². The zero-order valence-electron chi connectivity index (χ0n) is 18.8. The molecule has 2 rings (SSSR count). The van der Waals surface area contributed by atoms with E-state index in [1.807, 2.05) is 6.92 Å². The first-order chi connectivity index (χ1) is 12.6. The number of aliphatic hydroxyl groups excluding tert-OH is 1. The van der Waals surface area contributed by atoms with Crippen molar-refractivity contribution in [2.24, 2.45) is 35.5 Å². The molecular formula is C25H42O2. The summed E-state index contributed by atoms with van der Waals surface area (Å²) in [5, 5.41) is 22.1. The highest BCUT2D eigenvalue weighted by molar-refractivity contribution is 5.45. The van der Waals surface area contributed by atoms with Crippen LogP contribution in [0.15, 0.2) is 12.1 Å². The zero-order valence-corrected chi connectivity index (χ0v) is 18.8. The summed E-state index contributed by atoms with van der Waals surface area (Å²) in [5.41, 5.74) is 3.20. The average molecular weight is 375 g/mol. The van der Waals surface area contributed by atoms with E-state index >= 15 is 0 Å². The van der Waals surface area contributed by atoms with Crippen molar-refractivity contribution in [1.82, 2.24) is 0 Å². The fourth-order valence-electron chi connectivity index (χ4n) is 6.01. The van der Waals surface area contributed by atoms with Crippen LogP contribution in [-0.4, -0.2) is 16.3 Å². The lowest BCUT2D eigenvalue weighted by molar-refractivity contribution is 0.0106. The molecule has 6 atom stereocenters. The fourth-order valence-corrected chi connectivity index (χ4v) is 6.01. The van der Waals surface area contributed by atoms with Gasteiger partial charge in [-0.25, -0.2) is 0 Å². The van der Waals surface area contributed by atoms with Crippen LogP contribution in [-0.2, 0) is 0 Å². The van der Waals surface area contributed by atoms with Gasteiger partial charge in [-0.2, -0.15) is 0 Å². The van der Waals surface area contributed by atoms with Gasteiger partial charge in [0.05, 0.1) is 6.10 Å². The van der Waals surface area contributed by atoms with E-state index in [9.17, 15) is 10.2 Å². The highest BCUT2D eigenvalue weighted by Gasteiger charge is 2.43. The summed E-state index contributed by atoms with van der Waals surface area (Å²) in [7, 11) is 0. The Morgan fingerprint density at radius 2 is 1.59 bits per heavy atom. The molecule has 1 aliphatic carbocycles. The van der Waals surface area contributed by atoms with E-state index in [1.54, 1.807) is 0 Å². The Morgan fingerprint density at radius 1 is 1.04 bits per heavy atom. The van der Waals surface area contributed by atoms with E-state index in [4.69, 9.17) is 0 Å². The summed E-state index contributed by atoms with van der Waals surface area (Å²) in [4.78, 5) is 0. The highest BCUT2D eigenvalue weighted by atomic mass is 16.3. The monoisotopic (exact) mass is 374 g/mol. The Hall–Kier alpha value is -1.02. The molecular weight excluding hydrogens is 332 g/mol. The van der Waals surface area contributed by atoms with E-state index in [-0.39, 0.29) is 23.9 Å². The van der Waals surface area contributed by atoms with Crippen molar-refractivity contribution in [2.75, 3.05) is 0 Å². The Morgan fingerprint density at radius 3 is 2.11 bits per heavy atom. The lowest BCUT2D eigenvalue weighted by Gasteiger charge is -2.46. The summed E-state index contributed by atoms with van der Waals surface area (Å²) in [5.74, 6) is 3.45. The number of aliphatic hydroxyl groups is 1. The normalized spacial score (nSPS) is 30.6. The standard InChI is InChI=1S/C25H42O2/c1-9-16(4)24(26)20(8)23(21-13-15(3)12-19(7)25(21)27)22-17(5)10-14(2)11-18(22)6/h12-14,16-18,20,22-24,26-27H,9-11H2,1-8H3. The molecule has 27 heavy (non-hydrogen) atoms. The minimum Gasteiger partial charge on any atom is -0.507 e. The molecule has 0 aliphatic heterocycles. The maximum absolute atomic E-state index is 11.1. The summed E-state index contributed by atoms with van der Waals surface area (Å²) in [6.45, 7) is 17.7. The topological polar surface area (TPSA) is 40.5 Å². The summed E-state index contributed by atoms with van der Waals surface area (Å²) < 4.78 is 0. The van der Waals surface area contributed by atoms with E-state index < -0.39 is 0 Å². The molecule has 2 heteroatoms. The van der Waals surface area contributed by atoms with Crippen LogP contribution >= 0.6 is 0 Å². The third-order valence-corrected chi connectivity index (χ3v) is 7.44. The van der Waals surface area contributed by atoms with E-state index in [1.165, 1.54) is 18.4 Å². The van der Waals surface area contributed by atoms with Gasteiger partial charge in [0.2, 0.25) is 0 Å². The van der Waals surface area contributed by atoms with Crippen LogP contribution < -0.4 is 0 Å². The number of aryl methyl sites for hydroxylation is 2. The third-order valence-electron chi connectivity index (χ3n) is 7.44. The lowest BCUT2D eigenvalue weighted by atomic mass is 9.59. The van der Waals surface area contributed by atoms with E-state index in [0.29, 0.717) is 23.5 Å². The molecule has 6 unspecified atom stereocenters. The summed E-state index contributed by atoms with van der Waals surface area (Å²) >= 11 is 0. The molecule has 1 fully saturated rings. The molecule has 1 saturated carbocycles. The Labute approximate surface area is 167 Å². The summed E-state index contributed by atoms with van der Waals surface area (Å²) in [6, 6.07) is 4.23. The fraction of sp³-hybridized carbons (Fsp3) is 0.760. The van der Waals surface area contributed by atoms with Gasteiger partial charge in [-0.3, -0.25) is 0 Å². The number of hydrogen-bond donors (Lipinski definition) is 2. The predicted molar refractivity (Wildman–Crippen MR) is 115 cm³/mol. The highest BCUT2D eigenvalue weighted by Crippen LogP contribution is 2.51. The van der Waals surface area contributed by atoms with Crippen molar-refractivity contribution in [3.8, 4) is 5.75 Å². The Bertz CT molecular complexity index is 611. The van der Waals surface area contributed by atoms with Crippen LogP contribution in [0.25, 0.3) is 0 Å². The Kier molecular flexibility index (Phi) is 7.41. The van der Waals surface area contributed by atoms with Crippen molar-refractivity contribution in [1.29, 1.82) is 0 Å². The summed E-state index contributed by atoms with van der Waals surface area (Å²) in [6.07, 6.45) is 3.11. The predicted octanol–water partition coefficient (Wildman–Crippen LogP) is 6.45. The molecule has 2 nitrogen and oxygen atoms in total. The van der Waals surface area contributed by atoms with Gasteiger partial charge in [-0.05, 0) is 79.2 Å². The number of aromatic hydroxyl groups is 1. The molecule has 0 bridgehead atoms. The van der Waals surface area contributed by atoms with Gasteiger partial charge in [0, 0.05) is 0 Å².